The fourth-order valence-electron chi connectivity index (χ4n) is 1.44. The van der Waals surface area contributed by atoms with Crippen molar-refractivity contribution in [3.05, 3.63) is 34.0 Å². The molecule has 0 unspecified atom stereocenters. The largest absolute Gasteiger partial charge is 0.382 e. The molecular weight excluding hydrogens is 218 g/mol. The molecule has 0 radical (unpaired) electrons. The monoisotopic (exact) mass is 233 g/mol. The van der Waals surface area contributed by atoms with Crippen LogP contribution in [0.5, 0.6) is 0 Å². The van der Waals surface area contributed by atoms with Crippen molar-refractivity contribution in [1.29, 1.82) is 0 Å². The van der Waals surface area contributed by atoms with Crippen LogP contribution in [0.1, 0.15) is 31.2 Å². The Kier molecular flexibility index (Phi) is 2.71. The molecule has 0 atom stereocenters. The van der Waals surface area contributed by atoms with Gasteiger partial charge in [0, 0.05) is 23.7 Å². The van der Waals surface area contributed by atoms with Crippen LogP contribution in [0.25, 0.3) is 5.82 Å². The molecule has 0 amide bonds. The van der Waals surface area contributed by atoms with Crippen LogP contribution in [-0.2, 0) is 0 Å². The molecule has 0 fully saturated rings. The normalized spacial score (nSPS) is 11.1. The van der Waals surface area contributed by atoms with Crippen LogP contribution in [-0.4, -0.2) is 19.7 Å². The highest BCUT2D eigenvalue weighted by molar-refractivity contribution is 5.38. The van der Waals surface area contributed by atoms with Gasteiger partial charge in [0.05, 0.1) is 0 Å². The highest BCUT2D eigenvalue weighted by Crippen LogP contribution is 2.12. The maximum absolute atomic E-state index is 11.5. The molecule has 2 aromatic heterocycles. The minimum atomic E-state index is -0.189. The van der Waals surface area contributed by atoms with Gasteiger partial charge in [-0.05, 0) is 6.92 Å². The van der Waals surface area contributed by atoms with Gasteiger partial charge in [-0.25, -0.2) is 9.67 Å². The smallest absolute Gasteiger partial charge is 0.253 e. The van der Waals surface area contributed by atoms with Crippen molar-refractivity contribution in [3.8, 4) is 5.82 Å². The SMILES string of the molecule is Cc1cn(-c2cc(=O)[nH]c(C(C)C)n2)nc1N. The van der Waals surface area contributed by atoms with E-state index in [0.717, 1.165) is 5.56 Å². The number of aromatic nitrogens is 4. The van der Waals surface area contributed by atoms with E-state index in [0.29, 0.717) is 17.5 Å². The second-order valence-corrected chi connectivity index (χ2v) is 4.29. The number of hydrogen-bond donors (Lipinski definition) is 2. The van der Waals surface area contributed by atoms with E-state index in [4.69, 9.17) is 5.73 Å². The van der Waals surface area contributed by atoms with E-state index in [1.807, 2.05) is 20.8 Å². The van der Waals surface area contributed by atoms with Crippen LogP contribution in [0.15, 0.2) is 17.1 Å². The predicted octanol–water partition coefficient (Wildman–Crippen LogP) is 0.970. The zero-order chi connectivity index (χ0) is 12.6. The molecule has 6 heteroatoms. The molecule has 0 aliphatic heterocycles. The zero-order valence-electron chi connectivity index (χ0n) is 10.1. The van der Waals surface area contributed by atoms with Crippen molar-refractivity contribution in [2.75, 3.05) is 5.73 Å². The van der Waals surface area contributed by atoms with Crippen LogP contribution in [0, 0.1) is 6.92 Å². The molecule has 17 heavy (non-hydrogen) atoms. The summed E-state index contributed by atoms with van der Waals surface area (Å²) >= 11 is 0. The average Bonchev–Trinajstić information content (AvgIpc) is 2.58. The number of aromatic amines is 1. The third-order valence-electron chi connectivity index (χ3n) is 2.46. The van der Waals surface area contributed by atoms with Gasteiger partial charge in [0.2, 0.25) is 0 Å². The fraction of sp³-hybridized carbons (Fsp3) is 0.364. The van der Waals surface area contributed by atoms with Crippen LogP contribution < -0.4 is 11.3 Å². The van der Waals surface area contributed by atoms with Crippen LogP contribution >= 0.6 is 0 Å². The number of rotatable bonds is 2. The van der Waals surface area contributed by atoms with Gasteiger partial charge in [-0.15, -0.1) is 5.10 Å². The summed E-state index contributed by atoms with van der Waals surface area (Å²) in [5, 5.41) is 4.10. The number of anilines is 1. The molecule has 2 aromatic rings. The van der Waals surface area contributed by atoms with Crippen molar-refractivity contribution in [2.24, 2.45) is 0 Å². The van der Waals surface area contributed by atoms with Crippen LogP contribution in [0.2, 0.25) is 0 Å². The minimum Gasteiger partial charge on any atom is -0.382 e. The lowest BCUT2D eigenvalue weighted by Gasteiger charge is -2.06. The van der Waals surface area contributed by atoms with E-state index in [-0.39, 0.29) is 11.5 Å². The molecular formula is C11H15N5O. The fourth-order valence-corrected chi connectivity index (χ4v) is 1.44. The quantitative estimate of drug-likeness (QED) is 0.808. The van der Waals surface area contributed by atoms with Gasteiger partial charge in [-0.1, -0.05) is 13.8 Å². The van der Waals surface area contributed by atoms with E-state index in [1.165, 1.54) is 10.7 Å². The molecule has 0 aromatic carbocycles. The first-order valence-corrected chi connectivity index (χ1v) is 5.40. The van der Waals surface area contributed by atoms with Crippen molar-refractivity contribution in [3.63, 3.8) is 0 Å². The molecule has 2 heterocycles. The third kappa shape index (κ3) is 2.20. The maximum atomic E-state index is 11.5. The summed E-state index contributed by atoms with van der Waals surface area (Å²) in [4.78, 5) is 18.6. The summed E-state index contributed by atoms with van der Waals surface area (Å²) < 4.78 is 1.52. The number of nitrogens with zero attached hydrogens (tertiary/aromatic N) is 3. The van der Waals surface area contributed by atoms with Gasteiger partial charge >= 0.3 is 0 Å². The summed E-state index contributed by atoms with van der Waals surface area (Å²) in [6.45, 7) is 5.78. The lowest BCUT2D eigenvalue weighted by molar-refractivity contribution is 0.739. The first-order valence-electron chi connectivity index (χ1n) is 5.40. The number of aryl methyl sites for hydroxylation is 1. The Morgan fingerprint density at radius 2 is 2.18 bits per heavy atom. The van der Waals surface area contributed by atoms with Crippen molar-refractivity contribution < 1.29 is 0 Å². The van der Waals surface area contributed by atoms with E-state index in [2.05, 4.69) is 15.1 Å². The van der Waals surface area contributed by atoms with Crippen LogP contribution in [0.3, 0.4) is 0 Å². The van der Waals surface area contributed by atoms with Gasteiger partial charge in [-0.3, -0.25) is 4.79 Å². The first kappa shape index (κ1) is 11.4. The molecule has 3 N–H and O–H groups in total. The van der Waals surface area contributed by atoms with Gasteiger partial charge in [0.15, 0.2) is 5.82 Å². The van der Waals surface area contributed by atoms with Gasteiger partial charge in [0.1, 0.15) is 11.6 Å². The number of nitrogens with one attached hydrogen (secondary N) is 1. The highest BCUT2D eigenvalue weighted by atomic mass is 16.1. The molecule has 6 nitrogen and oxygen atoms in total. The van der Waals surface area contributed by atoms with E-state index in [1.54, 1.807) is 6.20 Å². The Morgan fingerprint density at radius 3 is 2.71 bits per heavy atom. The number of hydrogen-bond acceptors (Lipinski definition) is 4. The lowest BCUT2D eigenvalue weighted by atomic mass is 10.2. The summed E-state index contributed by atoms with van der Waals surface area (Å²) in [5.41, 5.74) is 6.34. The number of H-pyrrole nitrogens is 1. The molecule has 0 aliphatic carbocycles. The van der Waals surface area contributed by atoms with Crippen LogP contribution in [0.4, 0.5) is 5.82 Å². The predicted molar refractivity (Wildman–Crippen MR) is 65.2 cm³/mol. The van der Waals surface area contributed by atoms with Crippen molar-refractivity contribution in [1.82, 2.24) is 19.7 Å². The van der Waals surface area contributed by atoms with Gasteiger partial charge in [-0.2, -0.15) is 0 Å². The standard InChI is InChI=1S/C11H15N5O/c1-6(2)11-13-8(4-9(17)14-11)16-5-7(3)10(12)15-16/h4-6H,1-3H3,(H2,12,15)(H,13,14,17). The molecule has 90 valence electrons. The summed E-state index contributed by atoms with van der Waals surface area (Å²) in [6, 6.07) is 1.40. The summed E-state index contributed by atoms with van der Waals surface area (Å²) in [6.07, 6.45) is 1.75. The minimum absolute atomic E-state index is 0.150. The summed E-state index contributed by atoms with van der Waals surface area (Å²) in [5.74, 6) is 1.71. The Bertz CT molecular complexity index is 577. The van der Waals surface area contributed by atoms with E-state index >= 15 is 0 Å². The second kappa shape index (κ2) is 4.04. The van der Waals surface area contributed by atoms with Crippen molar-refractivity contribution >= 4 is 5.82 Å². The molecule has 0 aliphatic rings. The second-order valence-electron chi connectivity index (χ2n) is 4.29. The molecule has 0 saturated heterocycles. The van der Waals surface area contributed by atoms with E-state index < -0.39 is 0 Å². The maximum Gasteiger partial charge on any atom is 0.253 e. The molecule has 0 bridgehead atoms. The molecule has 0 spiro atoms. The zero-order valence-corrected chi connectivity index (χ0v) is 10.1. The Morgan fingerprint density at radius 1 is 1.47 bits per heavy atom. The van der Waals surface area contributed by atoms with Gasteiger partial charge in [0.25, 0.3) is 5.56 Å². The van der Waals surface area contributed by atoms with Crippen molar-refractivity contribution in [2.45, 2.75) is 26.7 Å². The summed E-state index contributed by atoms with van der Waals surface area (Å²) in [7, 11) is 0. The Hall–Kier alpha value is -2.11. The molecule has 0 saturated carbocycles. The topological polar surface area (TPSA) is 89.6 Å². The van der Waals surface area contributed by atoms with Gasteiger partial charge < -0.3 is 10.7 Å². The Labute approximate surface area is 98.5 Å². The average molecular weight is 233 g/mol. The molecule has 2 rings (SSSR count). The number of nitrogens with two attached hydrogens (primary N) is 1. The Balaban J connectivity index is 2.55. The lowest BCUT2D eigenvalue weighted by Crippen LogP contribution is -2.15. The third-order valence-corrected chi connectivity index (χ3v) is 2.46. The highest BCUT2D eigenvalue weighted by Gasteiger charge is 2.08. The first-order chi connectivity index (χ1) is 7.97. The van der Waals surface area contributed by atoms with E-state index in [9.17, 15) is 4.79 Å². The number of nitrogen functional groups attached to an aromatic ring is 1.